The molecule has 4 amide bonds. The molecule has 47 heavy (non-hydrogen) atoms. The van der Waals surface area contributed by atoms with Gasteiger partial charge < -0.3 is 31.5 Å². The highest BCUT2D eigenvalue weighted by atomic mass is 19.1. The van der Waals surface area contributed by atoms with Crippen molar-refractivity contribution in [1.29, 1.82) is 0 Å². The molecule has 1 aliphatic rings. The zero-order chi connectivity index (χ0) is 34.3. The first-order valence-corrected chi connectivity index (χ1v) is 14.9. The van der Waals surface area contributed by atoms with Gasteiger partial charge in [0.1, 0.15) is 40.6 Å². The second kappa shape index (κ2) is 12.2. The lowest BCUT2D eigenvalue weighted by Gasteiger charge is -2.26. The number of hydrogen-bond acceptors (Lipinski definition) is 7. The maximum atomic E-state index is 13.9. The number of fused-ring (bicyclic) bond motifs is 2. The van der Waals surface area contributed by atoms with Crippen molar-refractivity contribution in [1.82, 2.24) is 20.6 Å². The summed E-state index contributed by atoms with van der Waals surface area (Å²) in [6, 6.07) is 11.2. The van der Waals surface area contributed by atoms with Gasteiger partial charge in [-0.15, -0.1) is 0 Å². The summed E-state index contributed by atoms with van der Waals surface area (Å²) in [5, 5.41) is 20.0. The van der Waals surface area contributed by atoms with E-state index in [4.69, 9.17) is 10.5 Å². The summed E-state index contributed by atoms with van der Waals surface area (Å²) in [6.07, 6.45) is 1.62. The Kier molecular flexibility index (Phi) is 8.63. The van der Waals surface area contributed by atoms with E-state index in [1.807, 2.05) is 6.92 Å². The van der Waals surface area contributed by atoms with E-state index in [0.29, 0.717) is 27.8 Å². The number of amides is 4. The molecule has 0 aliphatic carbocycles. The zero-order valence-corrected chi connectivity index (χ0v) is 26.6. The molecule has 11 nitrogen and oxygen atoms in total. The van der Waals surface area contributed by atoms with Crippen LogP contribution in [0.2, 0.25) is 0 Å². The number of halogens is 2. The molecule has 5 rings (SSSR count). The molecule has 0 radical (unpaired) electrons. The Hall–Kier alpha value is -5.17. The van der Waals surface area contributed by atoms with Gasteiger partial charge in [0.25, 0.3) is 5.91 Å². The normalized spacial score (nSPS) is 16.9. The first-order chi connectivity index (χ1) is 22.0. The summed E-state index contributed by atoms with van der Waals surface area (Å²) in [7, 11) is 0. The van der Waals surface area contributed by atoms with Crippen molar-refractivity contribution in [3.05, 3.63) is 82.9 Å². The molecule has 0 unspecified atom stereocenters. The molecule has 2 atom stereocenters. The number of pyridine rings is 2. The largest absolute Gasteiger partial charge is 0.489 e. The van der Waals surface area contributed by atoms with Crippen molar-refractivity contribution >= 4 is 34.4 Å². The van der Waals surface area contributed by atoms with Crippen LogP contribution in [0.1, 0.15) is 54.9 Å². The molecular formula is C34H36F2N6O5. The number of primary amides is 1. The number of alkyl halides is 1. The third kappa shape index (κ3) is 6.99. The molecule has 1 aliphatic heterocycles. The number of aromatic nitrogens is 2. The van der Waals surface area contributed by atoms with Crippen LogP contribution < -0.4 is 26.4 Å². The van der Waals surface area contributed by atoms with E-state index in [0.717, 1.165) is 5.56 Å². The average molecular weight is 647 g/mol. The number of hydrogen-bond donors (Lipinski definition) is 5. The second-order valence-corrected chi connectivity index (χ2v) is 12.8. The van der Waals surface area contributed by atoms with Crippen LogP contribution in [0.4, 0.5) is 19.3 Å². The lowest BCUT2D eigenvalue weighted by atomic mass is 9.82. The van der Waals surface area contributed by atoms with Crippen LogP contribution in [0.15, 0.2) is 54.7 Å². The van der Waals surface area contributed by atoms with E-state index >= 15 is 0 Å². The van der Waals surface area contributed by atoms with Crippen LogP contribution in [0, 0.1) is 12.7 Å². The van der Waals surface area contributed by atoms with Crippen LogP contribution in [-0.2, 0) is 15.8 Å². The Balaban J connectivity index is 1.45. The van der Waals surface area contributed by atoms with E-state index in [-0.39, 0.29) is 42.3 Å². The first kappa shape index (κ1) is 33.2. The molecule has 0 saturated heterocycles. The summed E-state index contributed by atoms with van der Waals surface area (Å²) in [5.74, 6) is -1.38. The average Bonchev–Trinajstić information content (AvgIpc) is 3.36. The number of aryl methyl sites for hydroxylation is 1. The minimum absolute atomic E-state index is 0.0495. The summed E-state index contributed by atoms with van der Waals surface area (Å²) >= 11 is 0. The van der Waals surface area contributed by atoms with Gasteiger partial charge in [0, 0.05) is 28.3 Å². The van der Waals surface area contributed by atoms with Crippen LogP contribution in [0.3, 0.4) is 0 Å². The predicted molar refractivity (Wildman–Crippen MR) is 172 cm³/mol. The quantitative estimate of drug-likeness (QED) is 0.180. The minimum atomic E-state index is -1.77. The number of ether oxygens (including phenoxy) is 1. The summed E-state index contributed by atoms with van der Waals surface area (Å²) < 4.78 is 33.5. The van der Waals surface area contributed by atoms with E-state index in [9.17, 15) is 28.3 Å². The smallest absolute Gasteiger partial charge is 0.319 e. The van der Waals surface area contributed by atoms with Gasteiger partial charge in [0.2, 0.25) is 5.91 Å². The van der Waals surface area contributed by atoms with E-state index in [2.05, 4.69) is 25.9 Å². The number of nitrogens with one attached hydrogen (secondary N) is 3. The predicted octanol–water partition coefficient (Wildman–Crippen LogP) is 4.39. The van der Waals surface area contributed by atoms with Crippen molar-refractivity contribution in [2.75, 3.05) is 25.0 Å². The van der Waals surface area contributed by atoms with E-state index < -0.39 is 40.3 Å². The van der Waals surface area contributed by atoms with E-state index in [1.54, 1.807) is 25.3 Å². The Morgan fingerprint density at radius 2 is 1.77 bits per heavy atom. The monoisotopic (exact) mass is 646 g/mol. The lowest BCUT2D eigenvalue weighted by molar-refractivity contribution is -0.123. The molecular weight excluding hydrogens is 610 g/mol. The molecule has 13 heteroatoms. The van der Waals surface area contributed by atoms with Gasteiger partial charge in [-0.2, -0.15) is 0 Å². The van der Waals surface area contributed by atoms with Gasteiger partial charge in [-0.1, -0.05) is 0 Å². The third-order valence-corrected chi connectivity index (χ3v) is 7.98. The maximum absolute atomic E-state index is 13.9. The number of nitrogens with two attached hydrogens (primary N) is 1. The Bertz CT molecular complexity index is 1890. The van der Waals surface area contributed by atoms with Crippen LogP contribution in [-0.4, -0.2) is 58.3 Å². The molecule has 0 saturated carbocycles. The van der Waals surface area contributed by atoms with E-state index in [1.165, 1.54) is 57.2 Å². The molecule has 0 fully saturated rings. The molecule has 2 aromatic carbocycles. The fourth-order valence-electron chi connectivity index (χ4n) is 5.16. The van der Waals surface area contributed by atoms with Gasteiger partial charge in [-0.25, -0.2) is 18.6 Å². The Morgan fingerprint density at radius 3 is 2.43 bits per heavy atom. The minimum Gasteiger partial charge on any atom is -0.489 e. The topological polar surface area (TPSA) is 169 Å². The number of nitrogens with zero attached hydrogens (tertiary/aromatic N) is 2. The van der Waals surface area contributed by atoms with Crippen molar-refractivity contribution in [2.24, 2.45) is 5.73 Å². The highest BCUT2D eigenvalue weighted by Gasteiger charge is 2.45. The number of carbonyl (C=O) groups is 3. The molecule has 4 aromatic rings. The van der Waals surface area contributed by atoms with Gasteiger partial charge in [-0.3, -0.25) is 14.6 Å². The number of aliphatic hydroxyl groups is 1. The molecule has 3 heterocycles. The van der Waals surface area contributed by atoms with Gasteiger partial charge in [0.05, 0.1) is 30.0 Å². The molecule has 2 aromatic heterocycles. The highest BCUT2D eigenvalue weighted by molar-refractivity contribution is 6.05. The zero-order valence-electron chi connectivity index (χ0n) is 26.6. The Labute approximate surface area is 269 Å². The summed E-state index contributed by atoms with van der Waals surface area (Å²) in [4.78, 5) is 47.6. The van der Waals surface area contributed by atoms with Crippen LogP contribution in [0.5, 0.6) is 5.75 Å². The number of anilines is 1. The highest BCUT2D eigenvalue weighted by Crippen LogP contribution is 2.45. The number of carbonyl (C=O) groups excluding carboxylic acids is 3. The van der Waals surface area contributed by atoms with Gasteiger partial charge in [0.15, 0.2) is 0 Å². The van der Waals surface area contributed by atoms with Crippen molar-refractivity contribution in [2.45, 2.75) is 51.3 Å². The fourth-order valence-corrected chi connectivity index (χ4v) is 5.16. The maximum Gasteiger partial charge on any atom is 0.319 e. The SMILES string of the molecule is Cc1cnc2c(NC(=O)NCC(C)(C)F)cc(C(=O)NC[C@](C)(O)c3cc4c(c(-c5ccc(F)cc5)n3)OC[C@]4(C)C(N)=O)cc2c1. The van der Waals surface area contributed by atoms with Crippen molar-refractivity contribution < 1.29 is 33.0 Å². The molecule has 0 spiro atoms. The van der Waals surface area contributed by atoms with Crippen LogP contribution >= 0.6 is 0 Å². The standard InChI is InChI=1S/C34H36F2N6O5/c1-18-10-20-11-21(12-24(26(20)38-14-18)41-31(45)40-15-32(2,3)36)29(43)39-16-34(5,46)25-13-23-28(47-17-33(23,4)30(37)44)27(42-25)19-6-8-22(35)9-7-19/h6-14,46H,15-17H2,1-5H3,(H2,37,44)(H,39,43)(H2,40,41,45)/t33-,34-/m0/s1. The molecule has 6 N–H and O–H groups in total. The lowest BCUT2D eigenvalue weighted by Crippen LogP contribution is -2.41. The first-order valence-electron chi connectivity index (χ1n) is 14.9. The van der Waals surface area contributed by atoms with Gasteiger partial charge >= 0.3 is 6.03 Å². The fraction of sp³-hybridized carbons (Fsp3) is 0.324. The summed E-state index contributed by atoms with van der Waals surface area (Å²) in [6.45, 7) is 6.97. The van der Waals surface area contributed by atoms with Crippen LogP contribution in [0.25, 0.3) is 22.2 Å². The van der Waals surface area contributed by atoms with Gasteiger partial charge in [-0.05, 0) is 88.7 Å². The van der Waals surface area contributed by atoms with Crippen molar-refractivity contribution in [3.8, 4) is 17.0 Å². The number of urea groups is 1. The molecule has 0 bridgehead atoms. The third-order valence-electron chi connectivity index (χ3n) is 7.98. The number of rotatable bonds is 9. The Morgan fingerprint density at radius 1 is 1.06 bits per heavy atom. The van der Waals surface area contributed by atoms with Crippen molar-refractivity contribution in [3.63, 3.8) is 0 Å². The molecule has 246 valence electrons. The number of benzene rings is 2. The summed E-state index contributed by atoms with van der Waals surface area (Å²) in [5.41, 5.74) is 4.02. The second-order valence-electron chi connectivity index (χ2n) is 12.8.